The summed E-state index contributed by atoms with van der Waals surface area (Å²) in [4.78, 5) is 23.9. The third-order valence-corrected chi connectivity index (χ3v) is 4.43. The molecule has 0 bridgehead atoms. The van der Waals surface area contributed by atoms with Crippen molar-refractivity contribution in [3.63, 3.8) is 0 Å². The topological polar surface area (TPSA) is 65.7 Å². The summed E-state index contributed by atoms with van der Waals surface area (Å²) in [5.41, 5.74) is 3.37. The first-order chi connectivity index (χ1) is 13.0. The number of hydrogen-bond donors (Lipinski definition) is 0. The zero-order valence-electron chi connectivity index (χ0n) is 15.4. The highest BCUT2D eigenvalue weighted by Gasteiger charge is 2.11. The highest BCUT2D eigenvalue weighted by molar-refractivity contribution is 5.88. The third-order valence-electron chi connectivity index (χ3n) is 4.43. The zero-order chi connectivity index (χ0) is 19.4. The maximum absolute atomic E-state index is 12.1. The predicted molar refractivity (Wildman–Crippen MR) is 104 cm³/mol. The molecule has 0 saturated carbocycles. The quantitative estimate of drug-likeness (QED) is 0.386. The van der Waals surface area contributed by atoms with Crippen molar-refractivity contribution in [1.82, 2.24) is 0 Å². The lowest BCUT2D eigenvalue weighted by Gasteiger charge is -2.09. The SMILES string of the molecule is COc1ccccc1C=CC(=O)OCc1cc(=O)oc2c(C)c(C)ccc12. The summed E-state index contributed by atoms with van der Waals surface area (Å²) >= 11 is 0. The molecule has 0 unspecified atom stereocenters. The van der Waals surface area contributed by atoms with Crippen LogP contribution in [0, 0.1) is 13.8 Å². The number of hydrogen-bond acceptors (Lipinski definition) is 5. The minimum Gasteiger partial charge on any atom is -0.496 e. The van der Waals surface area contributed by atoms with E-state index in [-0.39, 0.29) is 6.61 Å². The Kier molecular flexibility index (Phi) is 5.41. The van der Waals surface area contributed by atoms with Crippen molar-refractivity contribution in [3.05, 3.63) is 81.2 Å². The van der Waals surface area contributed by atoms with Crippen LogP contribution in [0.4, 0.5) is 0 Å². The lowest BCUT2D eigenvalue weighted by molar-refractivity contribution is -0.138. The molecule has 2 aromatic carbocycles. The van der Waals surface area contributed by atoms with Gasteiger partial charge in [0.2, 0.25) is 0 Å². The number of methoxy groups -OCH3 is 1. The normalized spacial score (nSPS) is 11.1. The number of esters is 1. The maximum atomic E-state index is 12.1. The summed E-state index contributed by atoms with van der Waals surface area (Å²) in [5.74, 6) is 0.158. The number of aryl methyl sites for hydroxylation is 2. The van der Waals surface area contributed by atoms with Gasteiger partial charge in [-0.05, 0) is 37.1 Å². The van der Waals surface area contributed by atoms with E-state index in [0.717, 1.165) is 22.1 Å². The average Bonchev–Trinajstić information content (AvgIpc) is 2.67. The molecule has 3 aromatic rings. The maximum Gasteiger partial charge on any atom is 0.336 e. The van der Waals surface area contributed by atoms with Crippen molar-refractivity contribution in [1.29, 1.82) is 0 Å². The number of fused-ring (bicyclic) bond motifs is 1. The average molecular weight is 364 g/mol. The highest BCUT2D eigenvalue weighted by Crippen LogP contribution is 2.24. The fraction of sp³-hybridized carbons (Fsp3) is 0.182. The van der Waals surface area contributed by atoms with Gasteiger partial charge in [0.05, 0.1) is 7.11 Å². The lowest BCUT2D eigenvalue weighted by atomic mass is 10.0. The van der Waals surface area contributed by atoms with E-state index < -0.39 is 11.6 Å². The van der Waals surface area contributed by atoms with Crippen molar-refractivity contribution in [2.75, 3.05) is 7.11 Å². The van der Waals surface area contributed by atoms with Crippen molar-refractivity contribution < 1.29 is 18.7 Å². The van der Waals surface area contributed by atoms with Crippen molar-refractivity contribution >= 4 is 23.0 Å². The van der Waals surface area contributed by atoms with Gasteiger partial charge in [-0.3, -0.25) is 0 Å². The van der Waals surface area contributed by atoms with Gasteiger partial charge in [-0.2, -0.15) is 0 Å². The lowest BCUT2D eigenvalue weighted by Crippen LogP contribution is -2.06. The van der Waals surface area contributed by atoms with Crippen LogP contribution in [0.5, 0.6) is 5.75 Å². The number of ether oxygens (including phenoxy) is 2. The van der Waals surface area contributed by atoms with E-state index in [1.165, 1.54) is 12.1 Å². The minimum absolute atomic E-state index is 0.0142. The highest BCUT2D eigenvalue weighted by atomic mass is 16.5. The smallest absolute Gasteiger partial charge is 0.336 e. The van der Waals surface area contributed by atoms with E-state index in [1.807, 2.05) is 50.2 Å². The number of para-hydroxylation sites is 1. The van der Waals surface area contributed by atoms with Gasteiger partial charge < -0.3 is 13.9 Å². The Bertz CT molecular complexity index is 1080. The second-order valence-electron chi connectivity index (χ2n) is 6.16. The van der Waals surface area contributed by atoms with Gasteiger partial charge in [-0.15, -0.1) is 0 Å². The fourth-order valence-corrected chi connectivity index (χ4v) is 2.80. The second kappa shape index (κ2) is 7.91. The van der Waals surface area contributed by atoms with Crippen LogP contribution in [0.2, 0.25) is 0 Å². The molecule has 1 heterocycles. The van der Waals surface area contributed by atoms with Gasteiger partial charge in [0.1, 0.15) is 17.9 Å². The van der Waals surface area contributed by atoms with Gasteiger partial charge in [0.25, 0.3) is 0 Å². The molecule has 0 aliphatic carbocycles. The first-order valence-electron chi connectivity index (χ1n) is 8.50. The molecule has 0 saturated heterocycles. The molecule has 0 fully saturated rings. The number of benzene rings is 2. The second-order valence-corrected chi connectivity index (χ2v) is 6.16. The first-order valence-corrected chi connectivity index (χ1v) is 8.50. The summed E-state index contributed by atoms with van der Waals surface area (Å²) in [6, 6.07) is 12.5. The zero-order valence-corrected chi connectivity index (χ0v) is 15.4. The first kappa shape index (κ1) is 18.5. The molecule has 138 valence electrons. The summed E-state index contributed by atoms with van der Waals surface area (Å²) < 4.78 is 15.9. The molecule has 5 nitrogen and oxygen atoms in total. The molecule has 0 atom stereocenters. The van der Waals surface area contributed by atoms with Gasteiger partial charge in [0.15, 0.2) is 0 Å². The summed E-state index contributed by atoms with van der Waals surface area (Å²) in [5, 5.41) is 0.763. The minimum atomic E-state index is -0.508. The van der Waals surface area contributed by atoms with E-state index in [4.69, 9.17) is 13.9 Å². The van der Waals surface area contributed by atoms with E-state index in [9.17, 15) is 9.59 Å². The molecule has 27 heavy (non-hydrogen) atoms. The van der Waals surface area contributed by atoms with Crippen LogP contribution in [-0.2, 0) is 16.1 Å². The third kappa shape index (κ3) is 4.08. The summed E-state index contributed by atoms with van der Waals surface area (Å²) in [7, 11) is 1.57. The largest absolute Gasteiger partial charge is 0.496 e. The molecule has 0 spiro atoms. The standard InChI is InChI=1S/C22H20O5/c1-14-8-10-18-17(12-21(24)27-22(18)15(14)2)13-26-20(23)11-9-16-6-4-5-7-19(16)25-3/h4-12H,13H2,1-3H3. The molecule has 0 amide bonds. The van der Waals surface area contributed by atoms with Gasteiger partial charge in [-0.1, -0.05) is 30.3 Å². The molecule has 0 aliphatic rings. The van der Waals surface area contributed by atoms with E-state index in [1.54, 1.807) is 13.2 Å². The monoisotopic (exact) mass is 364 g/mol. The van der Waals surface area contributed by atoms with E-state index in [0.29, 0.717) is 16.9 Å². The number of rotatable bonds is 5. The fourth-order valence-electron chi connectivity index (χ4n) is 2.80. The van der Waals surface area contributed by atoms with Gasteiger partial charge in [-0.25, -0.2) is 9.59 Å². The summed E-state index contributed by atoms with van der Waals surface area (Å²) in [6.07, 6.45) is 2.97. The van der Waals surface area contributed by atoms with Crippen LogP contribution in [0.1, 0.15) is 22.3 Å². The van der Waals surface area contributed by atoms with Crippen molar-refractivity contribution in [2.24, 2.45) is 0 Å². The number of carbonyl (C=O) groups excluding carboxylic acids is 1. The molecule has 1 aromatic heterocycles. The Morgan fingerprint density at radius 2 is 1.93 bits per heavy atom. The van der Waals surface area contributed by atoms with Gasteiger partial charge >= 0.3 is 11.6 Å². The summed E-state index contributed by atoms with van der Waals surface area (Å²) in [6.45, 7) is 3.83. The molecule has 0 aliphatic heterocycles. The van der Waals surface area contributed by atoms with Crippen LogP contribution in [0.3, 0.4) is 0 Å². The molecule has 0 radical (unpaired) electrons. The molecule has 5 heteroatoms. The van der Waals surface area contributed by atoms with Crippen molar-refractivity contribution in [2.45, 2.75) is 20.5 Å². The van der Waals surface area contributed by atoms with Crippen LogP contribution >= 0.6 is 0 Å². The molecular weight excluding hydrogens is 344 g/mol. The van der Waals surface area contributed by atoms with E-state index >= 15 is 0 Å². The van der Waals surface area contributed by atoms with E-state index in [2.05, 4.69) is 0 Å². The van der Waals surface area contributed by atoms with Crippen LogP contribution < -0.4 is 10.4 Å². The Labute approximate surface area is 156 Å². The van der Waals surface area contributed by atoms with Crippen LogP contribution in [0.15, 0.2) is 57.8 Å². The Morgan fingerprint density at radius 1 is 1.15 bits per heavy atom. The van der Waals surface area contributed by atoms with Crippen LogP contribution in [-0.4, -0.2) is 13.1 Å². The molecule has 3 rings (SSSR count). The Hall–Kier alpha value is -3.34. The van der Waals surface area contributed by atoms with Crippen molar-refractivity contribution in [3.8, 4) is 5.75 Å². The van der Waals surface area contributed by atoms with Gasteiger partial charge in [0, 0.05) is 28.7 Å². The molecule has 0 N–H and O–H groups in total. The predicted octanol–water partition coefficient (Wildman–Crippen LogP) is 4.18. The Balaban J connectivity index is 1.79. The number of carbonyl (C=O) groups is 1. The Morgan fingerprint density at radius 3 is 2.70 bits per heavy atom. The van der Waals surface area contributed by atoms with Crippen LogP contribution in [0.25, 0.3) is 17.0 Å². The molecular formula is C22H20O5.